The molecule has 4 bridgehead atoms. The van der Waals surface area contributed by atoms with Gasteiger partial charge in [0.05, 0.1) is 7.11 Å². The summed E-state index contributed by atoms with van der Waals surface area (Å²) in [4.78, 5) is 23.2. The molecule has 4 aliphatic carbocycles. The predicted octanol–water partition coefficient (Wildman–Crippen LogP) is 2.66. The smallest absolute Gasteiger partial charge is 0.305 e. The number of carbonyl (C=O) groups is 2. The topological polar surface area (TPSA) is 55.4 Å². The zero-order chi connectivity index (χ0) is 14.9. The minimum Gasteiger partial charge on any atom is -0.469 e. The lowest BCUT2D eigenvalue weighted by atomic mass is 9.49. The number of esters is 1. The molecule has 0 aromatic carbocycles. The zero-order valence-electron chi connectivity index (χ0n) is 13.0. The van der Waals surface area contributed by atoms with Crippen molar-refractivity contribution in [2.45, 2.75) is 57.8 Å². The van der Waals surface area contributed by atoms with Gasteiger partial charge in [-0.3, -0.25) is 9.59 Å². The van der Waals surface area contributed by atoms with Crippen LogP contribution in [-0.4, -0.2) is 25.5 Å². The highest BCUT2D eigenvalue weighted by molar-refractivity contribution is 5.76. The first-order chi connectivity index (χ1) is 10.1. The zero-order valence-corrected chi connectivity index (χ0v) is 13.0. The SMILES string of the molecule is COC(=O)CCCNC(=O)CC12CC3CC(CC(C3)C1)C2. The Hall–Kier alpha value is -1.06. The van der Waals surface area contributed by atoms with Gasteiger partial charge in [0.25, 0.3) is 0 Å². The van der Waals surface area contributed by atoms with E-state index in [1.54, 1.807) is 0 Å². The molecule has 4 heteroatoms. The Morgan fingerprint density at radius 1 is 1.10 bits per heavy atom. The lowest BCUT2D eigenvalue weighted by molar-refractivity contribution is -0.141. The van der Waals surface area contributed by atoms with Crippen molar-refractivity contribution in [1.82, 2.24) is 5.32 Å². The molecule has 0 unspecified atom stereocenters. The lowest BCUT2D eigenvalue weighted by Gasteiger charge is -2.56. The molecule has 0 saturated heterocycles. The van der Waals surface area contributed by atoms with E-state index in [1.807, 2.05) is 0 Å². The van der Waals surface area contributed by atoms with E-state index in [9.17, 15) is 9.59 Å². The third kappa shape index (κ3) is 3.41. The van der Waals surface area contributed by atoms with E-state index >= 15 is 0 Å². The Bertz CT molecular complexity index is 383. The van der Waals surface area contributed by atoms with Crippen LogP contribution in [0.1, 0.15) is 57.8 Å². The van der Waals surface area contributed by atoms with Crippen molar-refractivity contribution in [3.8, 4) is 0 Å². The molecule has 0 spiro atoms. The van der Waals surface area contributed by atoms with E-state index in [4.69, 9.17) is 0 Å². The van der Waals surface area contributed by atoms with Crippen molar-refractivity contribution in [1.29, 1.82) is 0 Å². The summed E-state index contributed by atoms with van der Waals surface area (Å²) in [7, 11) is 1.40. The Labute approximate surface area is 127 Å². The summed E-state index contributed by atoms with van der Waals surface area (Å²) in [5.74, 6) is 2.65. The number of rotatable bonds is 6. The van der Waals surface area contributed by atoms with Crippen molar-refractivity contribution in [3.05, 3.63) is 0 Å². The van der Waals surface area contributed by atoms with Crippen LogP contribution in [0.5, 0.6) is 0 Å². The highest BCUT2D eigenvalue weighted by Crippen LogP contribution is 2.61. The van der Waals surface area contributed by atoms with Crippen LogP contribution in [0.15, 0.2) is 0 Å². The molecule has 1 amide bonds. The summed E-state index contributed by atoms with van der Waals surface area (Å²) in [6, 6.07) is 0. The number of nitrogens with one attached hydrogen (secondary N) is 1. The number of hydrogen-bond acceptors (Lipinski definition) is 3. The van der Waals surface area contributed by atoms with Crippen LogP contribution < -0.4 is 5.32 Å². The number of carbonyl (C=O) groups excluding carboxylic acids is 2. The number of hydrogen-bond donors (Lipinski definition) is 1. The highest BCUT2D eigenvalue weighted by Gasteiger charge is 2.51. The van der Waals surface area contributed by atoms with Crippen LogP contribution >= 0.6 is 0 Å². The molecule has 4 saturated carbocycles. The first kappa shape index (κ1) is 14.9. The fourth-order valence-corrected chi connectivity index (χ4v) is 5.47. The standard InChI is InChI=1S/C17H27NO3/c1-21-16(20)3-2-4-18-15(19)11-17-8-12-5-13(9-17)7-14(6-12)10-17/h12-14H,2-11H2,1H3,(H,18,19). The third-order valence-electron chi connectivity index (χ3n) is 5.81. The minimum absolute atomic E-state index is 0.182. The molecule has 1 N–H and O–H groups in total. The molecular weight excluding hydrogens is 266 g/mol. The second-order valence-electron chi connectivity index (χ2n) is 7.62. The number of amides is 1. The molecule has 4 rings (SSSR count). The van der Waals surface area contributed by atoms with Crippen LogP contribution in [0.4, 0.5) is 0 Å². The molecule has 0 aromatic heterocycles. The van der Waals surface area contributed by atoms with Gasteiger partial charge in [0.2, 0.25) is 5.91 Å². The summed E-state index contributed by atoms with van der Waals surface area (Å²) < 4.78 is 4.60. The molecule has 21 heavy (non-hydrogen) atoms. The quantitative estimate of drug-likeness (QED) is 0.605. The van der Waals surface area contributed by atoms with E-state index in [-0.39, 0.29) is 11.9 Å². The molecule has 0 atom stereocenters. The minimum atomic E-state index is -0.203. The molecule has 4 fully saturated rings. The largest absolute Gasteiger partial charge is 0.469 e. The number of ether oxygens (including phenoxy) is 1. The maximum Gasteiger partial charge on any atom is 0.305 e. The van der Waals surface area contributed by atoms with Crippen molar-refractivity contribution < 1.29 is 14.3 Å². The van der Waals surface area contributed by atoms with Crippen LogP contribution in [0.2, 0.25) is 0 Å². The molecule has 0 radical (unpaired) electrons. The van der Waals surface area contributed by atoms with Crippen molar-refractivity contribution >= 4 is 11.9 Å². The lowest BCUT2D eigenvalue weighted by Crippen LogP contribution is -2.48. The van der Waals surface area contributed by atoms with Crippen LogP contribution in [0, 0.1) is 23.2 Å². The Morgan fingerprint density at radius 3 is 2.19 bits per heavy atom. The predicted molar refractivity (Wildman–Crippen MR) is 79.5 cm³/mol. The molecule has 4 aliphatic rings. The van der Waals surface area contributed by atoms with Crippen molar-refractivity contribution in [2.24, 2.45) is 23.2 Å². The van der Waals surface area contributed by atoms with Crippen LogP contribution in [0.3, 0.4) is 0 Å². The summed E-state index contributed by atoms with van der Waals surface area (Å²) in [6.45, 7) is 0.584. The van der Waals surface area contributed by atoms with E-state index in [0.717, 1.165) is 17.8 Å². The van der Waals surface area contributed by atoms with Gasteiger partial charge in [0, 0.05) is 19.4 Å². The molecular formula is C17H27NO3. The summed E-state index contributed by atoms with van der Waals surface area (Å²) in [6.07, 6.45) is 9.82. The first-order valence-corrected chi connectivity index (χ1v) is 8.42. The molecule has 0 heterocycles. The normalized spacial score (nSPS) is 36.5. The molecule has 118 valence electrons. The Balaban J connectivity index is 1.43. The maximum atomic E-state index is 12.2. The van der Waals surface area contributed by atoms with Gasteiger partial charge in [-0.15, -0.1) is 0 Å². The number of methoxy groups -OCH3 is 1. The molecule has 0 aromatic rings. The van der Waals surface area contributed by atoms with Gasteiger partial charge in [0.1, 0.15) is 0 Å². The van der Waals surface area contributed by atoms with Crippen LogP contribution in [-0.2, 0) is 14.3 Å². The monoisotopic (exact) mass is 293 g/mol. The molecule has 4 nitrogen and oxygen atoms in total. The summed E-state index contributed by atoms with van der Waals surface area (Å²) in [5.41, 5.74) is 0.307. The van der Waals surface area contributed by atoms with Gasteiger partial charge in [0.15, 0.2) is 0 Å². The van der Waals surface area contributed by atoms with E-state index in [1.165, 1.54) is 45.6 Å². The van der Waals surface area contributed by atoms with Gasteiger partial charge in [-0.2, -0.15) is 0 Å². The second-order valence-corrected chi connectivity index (χ2v) is 7.62. The van der Waals surface area contributed by atoms with Gasteiger partial charge in [-0.05, 0) is 68.1 Å². The van der Waals surface area contributed by atoms with Crippen molar-refractivity contribution in [2.75, 3.05) is 13.7 Å². The van der Waals surface area contributed by atoms with E-state index in [2.05, 4.69) is 10.1 Å². The van der Waals surface area contributed by atoms with E-state index in [0.29, 0.717) is 31.2 Å². The average molecular weight is 293 g/mol. The highest BCUT2D eigenvalue weighted by atomic mass is 16.5. The van der Waals surface area contributed by atoms with Gasteiger partial charge >= 0.3 is 5.97 Å². The summed E-state index contributed by atoms with van der Waals surface area (Å²) >= 11 is 0. The van der Waals surface area contributed by atoms with E-state index < -0.39 is 0 Å². The second kappa shape index (κ2) is 5.98. The maximum absolute atomic E-state index is 12.2. The van der Waals surface area contributed by atoms with Gasteiger partial charge in [-0.1, -0.05) is 0 Å². The Morgan fingerprint density at radius 2 is 1.67 bits per heavy atom. The van der Waals surface area contributed by atoms with Crippen LogP contribution in [0.25, 0.3) is 0 Å². The first-order valence-electron chi connectivity index (χ1n) is 8.42. The average Bonchev–Trinajstić information content (AvgIpc) is 2.41. The third-order valence-corrected chi connectivity index (χ3v) is 5.81. The Kier molecular flexibility index (Phi) is 4.23. The fourth-order valence-electron chi connectivity index (χ4n) is 5.47. The van der Waals surface area contributed by atoms with Crippen molar-refractivity contribution in [3.63, 3.8) is 0 Å². The molecule has 0 aliphatic heterocycles. The van der Waals surface area contributed by atoms with Gasteiger partial charge in [-0.25, -0.2) is 0 Å². The fraction of sp³-hybridized carbons (Fsp3) is 0.882. The van der Waals surface area contributed by atoms with Gasteiger partial charge < -0.3 is 10.1 Å². The summed E-state index contributed by atoms with van der Waals surface area (Å²) in [5, 5.41) is 2.99.